The molecule has 11 atom stereocenters. The zero-order valence-electron chi connectivity index (χ0n) is 22.2. The molecule has 1 saturated carbocycles. The van der Waals surface area contributed by atoms with E-state index in [2.05, 4.69) is 42.2 Å². The van der Waals surface area contributed by atoms with E-state index in [0.717, 1.165) is 12.7 Å². The topological polar surface area (TPSA) is 263 Å². The van der Waals surface area contributed by atoms with Crippen molar-refractivity contribution in [3.8, 4) is 0 Å². The Labute approximate surface area is 259 Å². The Bertz CT molecular complexity index is 1950. The van der Waals surface area contributed by atoms with Crippen LogP contribution < -0.4 is 17.0 Å². The van der Waals surface area contributed by atoms with Crippen LogP contribution in [0.2, 0.25) is 0 Å². The molecular weight excluding hydrogens is 688 g/mol. The molecule has 2 saturated heterocycles. The fraction of sp³-hybridized carbons (Fsp3) is 0.500. The number of H-pyrrole nitrogens is 1. The van der Waals surface area contributed by atoms with Crippen LogP contribution in [-0.2, 0) is 39.4 Å². The number of aromatic nitrogens is 8. The number of ether oxygens (including phenoxy) is 2. The number of nitrogens with two attached hydrogens (primary N) is 2. The molecule has 45 heavy (non-hydrogen) atoms. The maximum Gasteiger partial charge on any atom is 0.317 e. The molecule has 19 nitrogen and oxygen atoms in total. The number of aliphatic hydroxyl groups is 1. The van der Waals surface area contributed by atoms with Crippen LogP contribution in [0.5, 0.6) is 0 Å². The highest BCUT2D eigenvalue weighted by Crippen LogP contribution is 2.66. The summed E-state index contributed by atoms with van der Waals surface area (Å²) < 4.78 is 73.1. The van der Waals surface area contributed by atoms with Crippen molar-refractivity contribution in [3.05, 3.63) is 29.3 Å². The van der Waals surface area contributed by atoms with Crippen LogP contribution in [-0.4, -0.2) is 98.0 Å². The molecular formula is C20H22F2N10O9P2S2. The fourth-order valence-electron chi connectivity index (χ4n) is 5.45. The minimum atomic E-state index is -3.80. The van der Waals surface area contributed by atoms with Crippen molar-refractivity contribution in [2.24, 2.45) is 0 Å². The van der Waals surface area contributed by atoms with Gasteiger partial charge in [-0.3, -0.25) is 23.5 Å². The van der Waals surface area contributed by atoms with Crippen LogP contribution >= 0.6 is 26.2 Å². The molecule has 6 heterocycles. The van der Waals surface area contributed by atoms with Crippen LogP contribution in [0, 0.1) is 0 Å². The Kier molecular flexibility index (Phi) is 7.53. The summed E-state index contributed by atoms with van der Waals surface area (Å²) in [5.41, 5.74) is 4.63. The van der Waals surface area contributed by atoms with Crippen LogP contribution in [0.25, 0.3) is 22.3 Å². The van der Waals surface area contributed by atoms with E-state index in [1.54, 1.807) is 0 Å². The molecule has 1 aliphatic carbocycles. The van der Waals surface area contributed by atoms with Gasteiger partial charge in [0.05, 0.1) is 19.3 Å². The number of aromatic amines is 1. The number of nitrogens with one attached hydrogen (secondary N) is 1. The Morgan fingerprint density at radius 1 is 1.16 bits per heavy atom. The molecule has 0 aromatic carbocycles. The van der Waals surface area contributed by atoms with Crippen LogP contribution in [0.15, 0.2) is 23.8 Å². The zero-order valence-corrected chi connectivity index (χ0v) is 25.8. The number of rotatable bonds is 9. The van der Waals surface area contributed by atoms with Gasteiger partial charge in [-0.15, -0.1) is 0 Å². The number of alkyl halides is 2. The molecule has 0 spiro atoms. The smallest absolute Gasteiger partial charge is 0.317 e. The van der Waals surface area contributed by atoms with Crippen molar-refractivity contribution < 1.29 is 46.4 Å². The quantitative estimate of drug-likeness (QED) is 0.0959. The Balaban J connectivity index is 1.11. The molecule has 0 radical (unpaired) electrons. The summed E-state index contributed by atoms with van der Waals surface area (Å²) in [6.45, 7) is -0.546. The van der Waals surface area contributed by atoms with Crippen molar-refractivity contribution in [2.45, 2.75) is 54.8 Å². The highest BCUT2D eigenvalue weighted by Gasteiger charge is 2.81. The first-order chi connectivity index (χ1) is 21.3. The summed E-state index contributed by atoms with van der Waals surface area (Å²) in [5.74, 6) is -0.196. The largest absolute Gasteiger partial charge is 0.387 e. The third-order valence-corrected chi connectivity index (χ3v) is 10.2. The van der Waals surface area contributed by atoms with Gasteiger partial charge in [-0.1, -0.05) is 12.2 Å². The Morgan fingerprint density at radius 3 is 2.60 bits per heavy atom. The number of anilines is 2. The van der Waals surface area contributed by atoms with E-state index in [1.165, 1.54) is 15.5 Å². The maximum atomic E-state index is 16.3. The van der Waals surface area contributed by atoms with E-state index in [1.807, 2.05) is 0 Å². The van der Waals surface area contributed by atoms with Crippen LogP contribution in [0.3, 0.4) is 0 Å². The summed E-state index contributed by atoms with van der Waals surface area (Å²) in [7, 11) is -3.59. The first kappa shape index (κ1) is 30.9. The lowest BCUT2D eigenvalue weighted by Gasteiger charge is -2.30. The second kappa shape index (κ2) is 10.9. The van der Waals surface area contributed by atoms with E-state index in [-0.39, 0.29) is 34.1 Å². The summed E-state index contributed by atoms with van der Waals surface area (Å²) in [6, 6.07) is 0. The molecule has 0 amide bonds. The highest BCUT2D eigenvalue weighted by atomic mass is 32.9. The molecule has 4 aromatic heterocycles. The number of hydrogen-bond donors (Lipinski definition) is 6. The van der Waals surface area contributed by atoms with Gasteiger partial charge in [-0.2, -0.15) is 4.98 Å². The van der Waals surface area contributed by atoms with Crippen molar-refractivity contribution in [3.63, 3.8) is 0 Å². The van der Waals surface area contributed by atoms with Gasteiger partial charge in [0.15, 0.2) is 53.0 Å². The number of thiol groups is 1. The molecule has 0 bridgehead atoms. The van der Waals surface area contributed by atoms with E-state index in [4.69, 9.17) is 46.3 Å². The molecule has 3 fully saturated rings. The minimum absolute atomic E-state index is 0.0621. The second-order valence-electron chi connectivity index (χ2n) is 10.2. The van der Waals surface area contributed by atoms with Gasteiger partial charge in [0.2, 0.25) is 11.6 Å². The number of imidazole rings is 2. The monoisotopic (exact) mass is 710 g/mol. The number of nitrogens with zero attached hydrogens (tertiary/aromatic N) is 7. The maximum absolute atomic E-state index is 16.3. The second-order valence-corrected chi connectivity index (χ2v) is 16.2. The first-order valence-electron chi connectivity index (χ1n) is 12.8. The van der Waals surface area contributed by atoms with Gasteiger partial charge < -0.3 is 44.5 Å². The molecule has 7 N–H and O–H groups in total. The molecule has 4 aromatic rings. The van der Waals surface area contributed by atoms with Gasteiger partial charge in [0, 0.05) is 0 Å². The summed E-state index contributed by atoms with van der Waals surface area (Å²) in [6.07, 6.45) is -8.79. The predicted octanol–water partition coefficient (Wildman–Crippen LogP) is -0.337. The fourth-order valence-corrected chi connectivity index (χ4v) is 7.89. The standard InChI is InChI=1S/C20H22F2N10O9P2S2/c21-6-9(33)5(38-17(6)31-3-27-7-13(23)25-2-26-14(7)31)1-37-43(44,45)41-12-18(39-10-11(20(10,12)22)40-42(35)36)32-4-28-8-15(32)29-19(24)30-16(8)34/h2-6,9-12,17-18,33,42H,1H2,(H,35,36)(H,44,45)(H2,23,25,26)(H3,24,29,30,34)/t5-,6+,9-,10-,11?,12+,17-,18-,20+/m1/s1. The SMILES string of the molecule is Nc1nc2c(ncn2[C@@H]2O[C@@H]3C(O[PH](=O)O)[C@]3(F)[C@H]2OP(=S)(S)OC[C@H]2O[C@@H](n3cnc4c(N)ncnc43)[C@@H](F)[C@@H]2O)c(=O)[nH]1. The van der Waals surface area contributed by atoms with E-state index < -0.39 is 80.9 Å². The zero-order chi connectivity index (χ0) is 32.0. The lowest BCUT2D eigenvalue weighted by Crippen LogP contribution is -2.36. The van der Waals surface area contributed by atoms with Gasteiger partial charge in [-0.05, 0) is 11.8 Å². The third kappa shape index (κ3) is 5.06. The molecule has 3 unspecified atom stereocenters. The average Bonchev–Trinajstić information content (AvgIpc) is 3.49. The van der Waals surface area contributed by atoms with Crippen molar-refractivity contribution >= 4 is 72.1 Å². The minimum Gasteiger partial charge on any atom is -0.387 e. The summed E-state index contributed by atoms with van der Waals surface area (Å²) >= 11 is 9.70. The normalized spacial score (nSPS) is 34.7. The number of hydrogen-bond acceptors (Lipinski definition) is 16. The molecule has 2 aliphatic heterocycles. The summed E-state index contributed by atoms with van der Waals surface area (Å²) in [5, 5.41) is 10.6. The van der Waals surface area contributed by atoms with Crippen molar-refractivity contribution in [1.29, 1.82) is 0 Å². The molecule has 242 valence electrons. The number of aliphatic hydroxyl groups excluding tert-OH is 1. The van der Waals surface area contributed by atoms with Crippen molar-refractivity contribution in [1.82, 2.24) is 39.0 Å². The van der Waals surface area contributed by atoms with E-state index in [0.29, 0.717) is 0 Å². The van der Waals surface area contributed by atoms with Gasteiger partial charge in [-0.25, -0.2) is 28.7 Å². The Morgan fingerprint density at radius 2 is 1.87 bits per heavy atom. The van der Waals surface area contributed by atoms with E-state index >= 15 is 8.78 Å². The van der Waals surface area contributed by atoms with Gasteiger partial charge >= 0.3 is 8.25 Å². The molecule has 3 aliphatic rings. The third-order valence-electron chi connectivity index (χ3n) is 7.58. The van der Waals surface area contributed by atoms with Gasteiger partial charge in [0.1, 0.15) is 36.3 Å². The predicted molar refractivity (Wildman–Crippen MR) is 155 cm³/mol. The van der Waals surface area contributed by atoms with Crippen LogP contribution in [0.1, 0.15) is 12.5 Å². The number of fused-ring (bicyclic) bond motifs is 3. The lowest BCUT2D eigenvalue weighted by molar-refractivity contribution is -0.0692. The summed E-state index contributed by atoms with van der Waals surface area (Å²) in [4.78, 5) is 43.8. The molecule has 25 heteroatoms. The van der Waals surface area contributed by atoms with Crippen molar-refractivity contribution in [2.75, 3.05) is 18.1 Å². The number of nitrogen functional groups attached to an aromatic ring is 2. The molecule has 7 rings (SSSR count). The number of halogens is 2. The lowest BCUT2D eigenvalue weighted by atomic mass is 10.1. The highest BCUT2D eigenvalue weighted by molar-refractivity contribution is 8.60. The average molecular weight is 711 g/mol. The first-order valence-corrected chi connectivity index (χ1v) is 17.9. The van der Waals surface area contributed by atoms with Gasteiger partial charge in [0.25, 0.3) is 5.56 Å². The van der Waals surface area contributed by atoms with Crippen LogP contribution in [0.4, 0.5) is 20.5 Å². The van der Waals surface area contributed by atoms with E-state index in [9.17, 15) is 19.4 Å². The Hall–Kier alpha value is -2.69.